The highest BCUT2D eigenvalue weighted by Crippen LogP contribution is 2.37. The molecule has 2 aromatic rings. The fraction of sp³-hybridized carbons (Fsp3) is 0.111. The zero-order valence-corrected chi connectivity index (χ0v) is 8.78. The molecule has 2 N–H and O–H groups in total. The van der Waals surface area contributed by atoms with E-state index in [-0.39, 0.29) is 0 Å². The Kier molecular flexibility index (Phi) is 2.09. The van der Waals surface area contributed by atoms with Gasteiger partial charge in [0, 0.05) is 0 Å². The maximum Gasteiger partial charge on any atom is 0.143 e. The van der Waals surface area contributed by atoms with Gasteiger partial charge in [-0.05, 0) is 23.6 Å². The molecule has 2 nitrogen and oxygen atoms in total. The summed E-state index contributed by atoms with van der Waals surface area (Å²) in [5.74, 6) is 0.725. The number of thiophene rings is 1. The minimum atomic E-state index is 0.699. The van der Waals surface area contributed by atoms with E-state index in [0.717, 1.165) is 20.0 Å². The van der Waals surface area contributed by atoms with E-state index >= 15 is 0 Å². The first-order valence-corrected chi connectivity index (χ1v) is 5.03. The highest BCUT2D eigenvalue weighted by atomic mass is 32.2. The van der Waals surface area contributed by atoms with E-state index in [9.17, 15) is 0 Å². The normalized spacial score (nSPS) is 10.6. The van der Waals surface area contributed by atoms with Crippen LogP contribution in [0.5, 0.6) is 5.75 Å². The third-order valence-corrected chi connectivity index (χ3v) is 3.28. The molecule has 0 spiro atoms. The minimum Gasteiger partial charge on any atom is -0.495 e. The molecule has 0 unspecified atom stereocenters. The highest BCUT2D eigenvalue weighted by molar-refractivity contribution is 7.83. The summed E-state index contributed by atoms with van der Waals surface area (Å²) in [7, 11) is 1.62. The maximum atomic E-state index is 5.89. The van der Waals surface area contributed by atoms with Crippen molar-refractivity contribution in [2.75, 3.05) is 12.8 Å². The van der Waals surface area contributed by atoms with Crippen LogP contribution >= 0.6 is 24.0 Å². The number of hydrogen-bond donors (Lipinski definition) is 2. The molecule has 0 saturated carbocycles. The van der Waals surface area contributed by atoms with E-state index in [4.69, 9.17) is 10.5 Å². The zero-order chi connectivity index (χ0) is 9.42. The van der Waals surface area contributed by atoms with Crippen molar-refractivity contribution in [3.63, 3.8) is 0 Å². The van der Waals surface area contributed by atoms with Crippen molar-refractivity contribution in [2.45, 2.75) is 4.21 Å². The number of ether oxygens (including phenoxy) is 1. The number of hydrogen-bond acceptors (Lipinski definition) is 4. The average molecular weight is 211 g/mol. The molecule has 0 atom stereocenters. The van der Waals surface area contributed by atoms with Crippen LogP contribution in [0.25, 0.3) is 10.1 Å². The number of anilines is 1. The monoisotopic (exact) mass is 211 g/mol. The van der Waals surface area contributed by atoms with Gasteiger partial charge in [-0.3, -0.25) is 0 Å². The fourth-order valence-corrected chi connectivity index (χ4v) is 2.53. The van der Waals surface area contributed by atoms with Crippen LogP contribution in [0.1, 0.15) is 0 Å². The summed E-state index contributed by atoms with van der Waals surface area (Å²) in [5.41, 5.74) is 6.59. The van der Waals surface area contributed by atoms with Gasteiger partial charge in [0.05, 0.1) is 21.7 Å². The van der Waals surface area contributed by atoms with E-state index in [1.54, 1.807) is 18.4 Å². The van der Waals surface area contributed by atoms with Crippen molar-refractivity contribution in [1.29, 1.82) is 0 Å². The van der Waals surface area contributed by atoms with Gasteiger partial charge < -0.3 is 10.5 Å². The molecule has 13 heavy (non-hydrogen) atoms. The molecule has 1 heterocycles. The summed E-state index contributed by atoms with van der Waals surface area (Å²) in [6, 6.07) is 5.86. The SMILES string of the molecule is COc1ccc2cc(S)sc2c1N. The first-order valence-electron chi connectivity index (χ1n) is 3.77. The van der Waals surface area contributed by atoms with Gasteiger partial charge in [-0.25, -0.2) is 0 Å². The number of benzene rings is 1. The van der Waals surface area contributed by atoms with Crippen LogP contribution < -0.4 is 10.5 Å². The molecule has 0 radical (unpaired) electrons. The second-order valence-corrected chi connectivity index (χ2v) is 4.52. The minimum absolute atomic E-state index is 0.699. The van der Waals surface area contributed by atoms with Gasteiger partial charge in [-0.2, -0.15) is 0 Å². The number of fused-ring (bicyclic) bond motifs is 1. The molecule has 1 aromatic carbocycles. The summed E-state index contributed by atoms with van der Waals surface area (Å²) in [6.45, 7) is 0. The van der Waals surface area contributed by atoms with Gasteiger partial charge in [0.15, 0.2) is 0 Å². The summed E-state index contributed by atoms with van der Waals surface area (Å²) >= 11 is 5.84. The number of nitrogens with two attached hydrogens (primary N) is 1. The lowest BCUT2D eigenvalue weighted by Gasteiger charge is -2.03. The molecular weight excluding hydrogens is 202 g/mol. The first-order chi connectivity index (χ1) is 6.22. The summed E-state index contributed by atoms with van der Waals surface area (Å²) in [4.78, 5) is 0. The molecule has 68 valence electrons. The predicted octanol–water partition coefficient (Wildman–Crippen LogP) is 2.78. The van der Waals surface area contributed by atoms with Gasteiger partial charge in [0.1, 0.15) is 5.75 Å². The molecule has 0 aliphatic rings. The van der Waals surface area contributed by atoms with Crippen LogP contribution in [0.15, 0.2) is 22.4 Å². The predicted molar refractivity (Wildman–Crippen MR) is 60.0 cm³/mol. The Hall–Kier alpha value is -0.870. The van der Waals surface area contributed by atoms with E-state index in [0.29, 0.717) is 5.69 Å². The molecule has 0 bridgehead atoms. The van der Waals surface area contributed by atoms with E-state index in [2.05, 4.69) is 12.6 Å². The van der Waals surface area contributed by atoms with Crippen LogP contribution in [-0.2, 0) is 0 Å². The Morgan fingerprint density at radius 1 is 1.46 bits per heavy atom. The molecule has 4 heteroatoms. The second-order valence-electron chi connectivity index (χ2n) is 2.68. The van der Waals surface area contributed by atoms with Gasteiger partial charge in [-0.15, -0.1) is 24.0 Å². The lowest BCUT2D eigenvalue weighted by molar-refractivity contribution is 0.417. The van der Waals surface area contributed by atoms with Crippen molar-refractivity contribution < 1.29 is 4.74 Å². The van der Waals surface area contributed by atoms with Gasteiger partial charge in [0.2, 0.25) is 0 Å². The summed E-state index contributed by atoms with van der Waals surface area (Å²) in [5, 5.41) is 1.12. The van der Waals surface area contributed by atoms with Crippen molar-refractivity contribution in [3.05, 3.63) is 18.2 Å². The third kappa shape index (κ3) is 1.36. The Balaban J connectivity index is 2.78. The molecule has 0 aliphatic heterocycles. The largest absolute Gasteiger partial charge is 0.495 e. The number of methoxy groups -OCH3 is 1. The molecule has 1 aromatic heterocycles. The average Bonchev–Trinajstić information content (AvgIpc) is 2.47. The van der Waals surface area contributed by atoms with Crippen molar-refractivity contribution in [2.24, 2.45) is 0 Å². The fourth-order valence-electron chi connectivity index (χ4n) is 1.27. The van der Waals surface area contributed by atoms with Crippen LogP contribution in [0.3, 0.4) is 0 Å². The standard InChI is InChI=1S/C9H9NOS2/c1-11-6-3-2-5-4-7(12)13-9(5)8(6)10/h2-4,12H,10H2,1H3. The van der Waals surface area contributed by atoms with E-state index in [1.807, 2.05) is 18.2 Å². The van der Waals surface area contributed by atoms with Gasteiger partial charge in [-0.1, -0.05) is 0 Å². The molecule has 0 amide bonds. The molecule has 0 fully saturated rings. The lowest BCUT2D eigenvalue weighted by Crippen LogP contribution is -1.91. The molecular formula is C9H9NOS2. The summed E-state index contributed by atoms with van der Waals surface area (Å²) in [6.07, 6.45) is 0. The molecule has 2 rings (SSSR count). The van der Waals surface area contributed by atoms with Crippen LogP contribution in [-0.4, -0.2) is 7.11 Å². The quantitative estimate of drug-likeness (QED) is 0.562. The lowest BCUT2D eigenvalue weighted by atomic mass is 10.2. The van der Waals surface area contributed by atoms with E-state index < -0.39 is 0 Å². The topological polar surface area (TPSA) is 35.2 Å². The van der Waals surface area contributed by atoms with Crippen LogP contribution in [0.4, 0.5) is 5.69 Å². The van der Waals surface area contributed by atoms with Crippen LogP contribution in [0.2, 0.25) is 0 Å². The van der Waals surface area contributed by atoms with Crippen molar-refractivity contribution in [1.82, 2.24) is 0 Å². The number of nitrogen functional groups attached to an aromatic ring is 1. The Morgan fingerprint density at radius 2 is 2.23 bits per heavy atom. The van der Waals surface area contributed by atoms with E-state index in [1.165, 1.54) is 0 Å². The van der Waals surface area contributed by atoms with Crippen molar-refractivity contribution >= 4 is 39.7 Å². The van der Waals surface area contributed by atoms with Gasteiger partial charge in [0.25, 0.3) is 0 Å². The third-order valence-electron chi connectivity index (χ3n) is 1.89. The summed E-state index contributed by atoms with van der Waals surface area (Å²) < 4.78 is 7.13. The Labute approximate surface area is 85.7 Å². The number of thiol groups is 1. The van der Waals surface area contributed by atoms with Crippen molar-refractivity contribution in [3.8, 4) is 5.75 Å². The molecule has 0 saturated heterocycles. The molecule has 0 aliphatic carbocycles. The Bertz CT molecular complexity index is 450. The highest BCUT2D eigenvalue weighted by Gasteiger charge is 2.06. The smallest absolute Gasteiger partial charge is 0.143 e. The van der Waals surface area contributed by atoms with Crippen LogP contribution in [0, 0.1) is 0 Å². The first kappa shape index (κ1) is 8.72. The van der Waals surface area contributed by atoms with Gasteiger partial charge >= 0.3 is 0 Å². The zero-order valence-electron chi connectivity index (χ0n) is 7.07. The maximum absolute atomic E-state index is 5.89. The Morgan fingerprint density at radius 3 is 2.92 bits per heavy atom. The number of rotatable bonds is 1. The second kappa shape index (κ2) is 3.12.